The summed E-state index contributed by atoms with van der Waals surface area (Å²) in [5.41, 5.74) is -0.0475. The van der Waals surface area contributed by atoms with Gasteiger partial charge in [-0.1, -0.05) is 19.3 Å². The summed E-state index contributed by atoms with van der Waals surface area (Å²) in [6, 6.07) is 6.23. The highest BCUT2D eigenvalue weighted by Gasteiger charge is 2.64. The Bertz CT molecular complexity index is 560. The first-order valence-electron chi connectivity index (χ1n) is 7.31. The maximum Gasteiger partial charge on any atom is 0.327 e. The van der Waals surface area contributed by atoms with E-state index in [1.165, 1.54) is 4.90 Å². The smallest absolute Gasteiger partial charge is 0.327 e. The monoisotopic (exact) mass is 289 g/mol. The van der Waals surface area contributed by atoms with E-state index in [1.807, 2.05) is 0 Å². The van der Waals surface area contributed by atoms with Crippen molar-refractivity contribution in [3.63, 3.8) is 0 Å². The first-order valence-corrected chi connectivity index (χ1v) is 7.31. The quantitative estimate of drug-likeness (QED) is 0.868. The van der Waals surface area contributed by atoms with Crippen molar-refractivity contribution < 1.29 is 19.4 Å². The van der Waals surface area contributed by atoms with Crippen molar-refractivity contribution in [3.8, 4) is 5.75 Å². The summed E-state index contributed by atoms with van der Waals surface area (Å²) in [6.07, 6.45) is 4.34. The number of methoxy groups -OCH3 is 1. The van der Waals surface area contributed by atoms with Crippen LogP contribution in [0.1, 0.15) is 32.1 Å². The molecule has 1 heterocycles. The summed E-state index contributed by atoms with van der Waals surface area (Å²) in [5.74, 6) is -0.266. The van der Waals surface area contributed by atoms with E-state index in [9.17, 15) is 14.7 Å². The van der Waals surface area contributed by atoms with Crippen molar-refractivity contribution >= 4 is 17.6 Å². The molecule has 1 spiro atoms. The molecule has 0 radical (unpaired) electrons. The van der Waals surface area contributed by atoms with Crippen LogP contribution in [0, 0.1) is 5.41 Å². The molecule has 3 rings (SSSR count). The molecule has 1 saturated carbocycles. The summed E-state index contributed by atoms with van der Waals surface area (Å²) >= 11 is 0. The second-order valence-electron chi connectivity index (χ2n) is 5.83. The molecule has 2 aliphatic rings. The lowest BCUT2D eigenvalue weighted by Crippen LogP contribution is -2.72. The van der Waals surface area contributed by atoms with Crippen molar-refractivity contribution in [3.05, 3.63) is 24.3 Å². The van der Waals surface area contributed by atoms with Crippen LogP contribution in [0.2, 0.25) is 0 Å². The number of β-lactam (4-membered cyclic amide) rings is 1. The average molecular weight is 289 g/mol. The third-order valence-corrected chi connectivity index (χ3v) is 4.76. The second kappa shape index (κ2) is 5.06. The van der Waals surface area contributed by atoms with E-state index in [-0.39, 0.29) is 5.91 Å². The summed E-state index contributed by atoms with van der Waals surface area (Å²) < 4.78 is 5.09. The van der Waals surface area contributed by atoms with Crippen molar-refractivity contribution in [2.45, 2.75) is 38.1 Å². The van der Waals surface area contributed by atoms with Crippen LogP contribution >= 0.6 is 0 Å². The zero-order valence-electron chi connectivity index (χ0n) is 12.0. The van der Waals surface area contributed by atoms with Gasteiger partial charge in [0, 0.05) is 5.69 Å². The molecule has 1 aliphatic carbocycles. The molecule has 0 bridgehead atoms. The Morgan fingerprint density at radius 3 is 2.38 bits per heavy atom. The number of ether oxygens (including phenoxy) is 1. The largest absolute Gasteiger partial charge is 0.497 e. The van der Waals surface area contributed by atoms with E-state index in [1.54, 1.807) is 31.4 Å². The van der Waals surface area contributed by atoms with E-state index in [0.717, 1.165) is 19.3 Å². The van der Waals surface area contributed by atoms with Gasteiger partial charge >= 0.3 is 5.97 Å². The van der Waals surface area contributed by atoms with Crippen LogP contribution in [-0.2, 0) is 9.59 Å². The first-order chi connectivity index (χ1) is 10.1. The fraction of sp³-hybridized carbons (Fsp3) is 0.500. The van der Waals surface area contributed by atoms with E-state index in [2.05, 4.69) is 0 Å². The number of hydrogen-bond donors (Lipinski definition) is 1. The normalized spacial score (nSPS) is 23.8. The van der Waals surface area contributed by atoms with E-state index >= 15 is 0 Å². The van der Waals surface area contributed by atoms with Gasteiger partial charge in [-0.25, -0.2) is 4.79 Å². The van der Waals surface area contributed by atoms with Gasteiger partial charge in [-0.2, -0.15) is 0 Å². The summed E-state index contributed by atoms with van der Waals surface area (Å²) in [5, 5.41) is 9.58. The molecule has 21 heavy (non-hydrogen) atoms. The number of carbonyl (C=O) groups is 2. The molecule has 2 fully saturated rings. The zero-order chi connectivity index (χ0) is 15.0. The molecule has 112 valence electrons. The first kappa shape index (κ1) is 13.9. The van der Waals surface area contributed by atoms with Gasteiger partial charge in [0.2, 0.25) is 5.91 Å². The fourth-order valence-electron chi connectivity index (χ4n) is 3.68. The number of rotatable bonds is 3. The summed E-state index contributed by atoms with van der Waals surface area (Å²) in [7, 11) is 1.57. The zero-order valence-corrected chi connectivity index (χ0v) is 12.0. The molecule has 1 aromatic rings. The Hall–Kier alpha value is -2.04. The SMILES string of the molecule is COc1ccc(N2C(=O)C3(CCCCC3)[C@@H]2C(=O)O)cc1. The third-order valence-electron chi connectivity index (χ3n) is 4.76. The Kier molecular flexibility index (Phi) is 3.35. The van der Waals surface area contributed by atoms with Crippen molar-refractivity contribution in [2.75, 3.05) is 12.0 Å². The standard InChI is InChI=1S/C16H19NO4/c1-21-12-7-5-11(6-8-12)17-13(14(18)19)16(15(17)20)9-3-2-4-10-16/h5-8,13H,2-4,9-10H2,1H3,(H,18,19)/t13-/m0/s1. The molecular weight excluding hydrogens is 270 g/mol. The molecule has 1 amide bonds. The number of benzene rings is 1. The minimum atomic E-state index is -0.910. The van der Waals surface area contributed by atoms with E-state index < -0.39 is 17.4 Å². The minimum Gasteiger partial charge on any atom is -0.497 e. The number of nitrogens with zero attached hydrogens (tertiary/aromatic N) is 1. The number of carbonyl (C=O) groups excluding carboxylic acids is 1. The number of carboxylic acid groups (broad SMARTS) is 1. The predicted octanol–water partition coefficient (Wildman–Crippen LogP) is 2.45. The molecule has 1 aliphatic heterocycles. The van der Waals surface area contributed by atoms with Gasteiger partial charge in [0.25, 0.3) is 0 Å². The molecule has 1 aromatic carbocycles. The van der Waals surface area contributed by atoms with Crippen LogP contribution in [0.4, 0.5) is 5.69 Å². The van der Waals surface area contributed by atoms with E-state index in [4.69, 9.17) is 4.74 Å². The number of aliphatic carboxylic acids is 1. The van der Waals surface area contributed by atoms with Crippen LogP contribution < -0.4 is 9.64 Å². The molecule has 1 atom stereocenters. The highest BCUT2D eigenvalue weighted by molar-refractivity contribution is 6.13. The average Bonchev–Trinajstić information content (AvgIpc) is 2.52. The van der Waals surface area contributed by atoms with E-state index in [0.29, 0.717) is 24.3 Å². The number of carboxylic acids is 1. The van der Waals surface area contributed by atoms with Gasteiger partial charge in [0.15, 0.2) is 0 Å². The highest BCUT2D eigenvalue weighted by atomic mass is 16.5. The minimum absolute atomic E-state index is 0.0419. The van der Waals surface area contributed by atoms with Gasteiger partial charge < -0.3 is 9.84 Å². The maximum absolute atomic E-state index is 12.6. The summed E-state index contributed by atoms with van der Waals surface area (Å²) in [6.45, 7) is 0. The molecule has 1 saturated heterocycles. The van der Waals surface area contributed by atoms with Gasteiger partial charge in [-0.15, -0.1) is 0 Å². The second-order valence-corrected chi connectivity index (χ2v) is 5.83. The van der Waals surface area contributed by atoms with Gasteiger partial charge in [-0.05, 0) is 37.1 Å². The van der Waals surface area contributed by atoms with Crippen molar-refractivity contribution in [1.82, 2.24) is 0 Å². The lowest BCUT2D eigenvalue weighted by Gasteiger charge is -2.55. The Morgan fingerprint density at radius 1 is 1.24 bits per heavy atom. The van der Waals surface area contributed by atoms with Crippen LogP contribution in [0.25, 0.3) is 0 Å². The lowest BCUT2D eigenvalue weighted by molar-refractivity contribution is -0.159. The number of hydrogen-bond acceptors (Lipinski definition) is 3. The third kappa shape index (κ3) is 1.99. The highest BCUT2D eigenvalue weighted by Crippen LogP contribution is 2.51. The topological polar surface area (TPSA) is 66.8 Å². The van der Waals surface area contributed by atoms with Crippen LogP contribution in [0.15, 0.2) is 24.3 Å². The van der Waals surface area contributed by atoms with Gasteiger partial charge in [0.05, 0.1) is 12.5 Å². The van der Waals surface area contributed by atoms with Gasteiger partial charge in [-0.3, -0.25) is 9.69 Å². The lowest BCUT2D eigenvalue weighted by atomic mass is 9.61. The Morgan fingerprint density at radius 2 is 1.86 bits per heavy atom. The maximum atomic E-state index is 12.6. The van der Waals surface area contributed by atoms with Crippen LogP contribution in [0.3, 0.4) is 0 Å². The molecular formula is C16H19NO4. The number of amides is 1. The molecule has 0 aromatic heterocycles. The molecule has 1 N–H and O–H groups in total. The fourth-order valence-corrected chi connectivity index (χ4v) is 3.68. The predicted molar refractivity (Wildman–Crippen MR) is 77.4 cm³/mol. The number of anilines is 1. The van der Waals surface area contributed by atoms with Crippen molar-refractivity contribution in [2.24, 2.45) is 5.41 Å². The Labute approximate surface area is 123 Å². The van der Waals surface area contributed by atoms with Crippen molar-refractivity contribution in [1.29, 1.82) is 0 Å². The molecule has 5 nitrogen and oxygen atoms in total. The van der Waals surface area contributed by atoms with Gasteiger partial charge in [0.1, 0.15) is 11.8 Å². The van der Waals surface area contributed by atoms with Crippen LogP contribution in [0.5, 0.6) is 5.75 Å². The molecule has 5 heteroatoms. The van der Waals surface area contributed by atoms with Crippen LogP contribution in [-0.4, -0.2) is 30.1 Å². The summed E-state index contributed by atoms with van der Waals surface area (Å²) in [4.78, 5) is 25.8. The Balaban J connectivity index is 1.91. The molecule has 0 unspecified atom stereocenters.